The molecule has 0 saturated carbocycles. The standard InChI is InChI=1S/C31H29N3O10S/c1-40-26-19-22-18-24(28(35)32-15-8-12-21-10-4-2-5-11-21)31(36)43-25(22)20-27(26)41-16-9-17-42-29-30(34(37)44-33-29)45(38,39)23-13-6-3-7-14-23/h2-7,10-11,13-14,18-20H,8-9,12,15-17H2,1H3,(H,32,35). The summed E-state index contributed by atoms with van der Waals surface area (Å²) in [5, 5.41) is 17.9. The lowest BCUT2D eigenvalue weighted by atomic mass is 10.1. The molecule has 1 amide bonds. The monoisotopic (exact) mass is 635 g/mol. The van der Waals surface area contributed by atoms with E-state index in [2.05, 4.69) is 15.1 Å². The molecule has 0 aliphatic heterocycles. The third kappa shape index (κ3) is 7.24. The number of fused-ring (bicyclic) bond motifs is 1. The number of carbonyl (C=O) groups excluding carboxylic acids is 1. The largest absolute Gasteiger partial charge is 0.493 e. The number of benzene rings is 3. The van der Waals surface area contributed by atoms with E-state index in [1.54, 1.807) is 12.1 Å². The molecule has 2 heterocycles. The third-order valence-corrected chi connectivity index (χ3v) is 8.40. The Morgan fingerprint density at radius 2 is 1.67 bits per heavy atom. The van der Waals surface area contributed by atoms with Gasteiger partial charge in [-0.3, -0.25) is 9.42 Å². The smallest absolute Gasteiger partial charge is 0.414 e. The lowest BCUT2D eigenvalue weighted by Gasteiger charge is -2.12. The summed E-state index contributed by atoms with van der Waals surface area (Å²) >= 11 is 0. The number of hydrogen-bond acceptors (Lipinski definition) is 11. The molecule has 1 N–H and O–H groups in total. The Balaban J connectivity index is 1.18. The molecule has 13 nitrogen and oxygen atoms in total. The maximum Gasteiger partial charge on any atom is 0.414 e. The minimum atomic E-state index is -4.24. The number of aromatic nitrogens is 2. The van der Waals surface area contributed by atoms with Crippen LogP contribution in [-0.4, -0.2) is 46.3 Å². The lowest BCUT2D eigenvalue weighted by molar-refractivity contribution is -0.832. The zero-order chi connectivity index (χ0) is 31.8. The number of amides is 1. The topological polar surface area (TPSA) is 174 Å². The van der Waals surface area contributed by atoms with E-state index in [0.717, 1.165) is 12.0 Å². The van der Waals surface area contributed by atoms with Crippen molar-refractivity contribution in [3.05, 3.63) is 106 Å². The van der Waals surface area contributed by atoms with Crippen molar-refractivity contribution < 1.29 is 41.4 Å². The molecule has 0 unspecified atom stereocenters. The molecule has 0 atom stereocenters. The van der Waals surface area contributed by atoms with Crippen molar-refractivity contribution in [2.75, 3.05) is 26.9 Å². The van der Waals surface area contributed by atoms with Crippen LogP contribution >= 0.6 is 0 Å². The van der Waals surface area contributed by atoms with Crippen LogP contribution in [-0.2, 0) is 16.3 Å². The average molecular weight is 636 g/mol. The molecule has 0 saturated heterocycles. The Hall–Kier alpha value is -5.37. The van der Waals surface area contributed by atoms with Crippen LogP contribution in [0.15, 0.2) is 103 Å². The molecule has 5 rings (SSSR count). The summed E-state index contributed by atoms with van der Waals surface area (Å²) in [6, 6.07) is 21.7. The lowest BCUT2D eigenvalue weighted by Crippen LogP contribution is -2.31. The number of hydrogen-bond donors (Lipinski definition) is 1. The summed E-state index contributed by atoms with van der Waals surface area (Å²) in [5.74, 6) is -0.425. The number of ether oxygens (including phenoxy) is 3. The normalized spacial score (nSPS) is 11.3. The fraction of sp³-hybridized carbons (Fsp3) is 0.226. The van der Waals surface area contributed by atoms with E-state index in [1.165, 1.54) is 43.5 Å². The summed E-state index contributed by atoms with van der Waals surface area (Å²) in [5.41, 5.74) is 0.420. The molecule has 0 fully saturated rings. The molecule has 0 bridgehead atoms. The summed E-state index contributed by atoms with van der Waals surface area (Å²) < 4.78 is 52.3. The van der Waals surface area contributed by atoms with Gasteiger partial charge in [-0.1, -0.05) is 48.5 Å². The molecule has 14 heteroatoms. The number of nitrogens with one attached hydrogen (secondary N) is 1. The van der Waals surface area contributed by atoms with E-state index >= 15 is 0 Å². The molecule has 3 aromatic carbocycles. The van der Waals surface area contributed by atoms with Gasteiger partial charge >= 0.3 is 16.5 Å². The first-order valence-electron chi connectivity index (χ1n) is 13.9. The van der Waals surface area contributed by atoms with E-state index in [4.69, 9.17) is 18.6 Å². The predicted molar refractivity (Wildman–Crippen MR) is 159 cm³/mol. The van der Waals surface area contributed by atoms with Crippen molar-refractivity contribution >= 4 is 26.7 Å². The van der Waals surface area contributed by atoms with Crippen LogP contribution in [0.3, 0.4) is 0 Å². The number of rotatable bonds is 14. The van der Waals surface area contributed by atoms with E-state index in [1.807, 2.05) is 30.3 Å². The van der Waals surface area contributed by atoms with Crippen LogP contribution < -0.4 is 30.1 Å². The van der Waals surface area contributed by atoms with Crippen LogP contribution in [0.1, 0.15) is 28.8 Å². The van der Waals surface area contributed by atoms with Crippen LogP contribution in [0.4, 0.5) is 0 Å². The van der Waals surface area contributed by atoms with Crippen LogP contribution in [0.25, 0.3) is 11.0 Å². The first-order chi connectivity index (χ1) is 21.8. The second kappa shape index (κ2) is 13.9. The quantitative estimate of drug-likeness (QED) is 0.107. The highest BCUT2D eigenvalue weighted by Gasteiger charge is 2.35. The van der Waals surface area contributed by atoms with Gasteiger partial charge in [-0.15, -0.1) is 0 Å². The second-order valence-electron chi connectivity index (χ2n) is 9.74. The van der Waals surface area contributed by atoms with Gasteiger partial charge in [0, 0.05) is 24.4 Å². The Bertz CT molecular complexity index is 1940. The van der Waals surface area contributed by atoms with Crippen molar-refractivity contribution in [1.82, 2.24) is 10.5 Å². The van der Waals surface area contributed by atoms with Gasteiger partial charge in [-0.05, 0) is 47.6 Å². The van der Waals surface area contributed by atoms with Gasteiger partial charge in [0.25, 0.3) is 15.7 Å². The number of aryl methyl sites for hydroxylation is 1. The SMILES string of the molecule is COc1cc2cc(C(=O)NCCCc3ccccc3)c(=O)oc2cc1OCCCOc1no[n+]([O-])c1S(=O)(=O)c1ccccc1. The van der Waals surface area contributed by atoms with Gasteiger partial charge in [0.2, 0.25) is 0 Å². The molecule has 2 aromatic heterocycles. The molecular formula is C31H29N3O10S. The number of nitrogens with zero attached hydrogens (tertiary/aromatic N) is 2. The van der Waals surface area contributed by atoms with Gasteiger partial charge in [0.05, 0.1) is 30.4 Å². The molecule has 5 aromatic rings. The van der Waals surface area contributed by atoms with Crippen molar-refractivity contribution in [3.63, 3.8) is 0 Å². The van der Waals surface area contributed by atoms with Gasteiger partial charge in [0.1, 0.15) is 11.1 Å². The summed E-state index contributed by atoms with van der Waals surface area (Å²) in [6.07, 6.45) is 1.74. The van der Waals surface area contributed by atoms with Gasteiger partial charge in [-0.2, -0.15) is 0 Å². The van der Waals surface area contributed by atoms with E-state index in [0.29, 0.717) is 24.1 Å². The summed E-state index contributed by atoms with van der Waals surface area (Å²) in [7, 11) is -2.80. The predicted octanol–water partition coefficient (Wildman–Crippen LogP) is 3.47. The van der Waals surface area contributed by atoms with Crippen molar-refractivity contribution in [3.8, 4) is 17.4 Å². The van der Waals surface area contributed by atoms with E-state index < -0.39 is 32.3 Å². The molecule has 0 spiro atoms. The molecule has 0 aliphatic rings. The molecule has 0 radical (unpaired) electrons. The molecule has 0 aliphatic carbocycles. The zero-order valence-electron chi connectivity index (χ0n) is 24.1. The highest BCUT2D eigenvalue weighted by molar-refractivity contribution is 7.91. The van der Waals surface area contributed by atoms with Crippen LogP contribution in [0, 0.1) is 5.21 Å². The molecule has 234 valence electrons. The van der Waals surface area contributed by atoms with Crippen molar-refractivity contribution in [2.45, 2.75) is 29.2 Å². The van der Waals surface area contributed by atoms with Crippen molar-refractivity contribution in [2.24, 2.45) is 0 Å². The second-order valence-corrected chi connectivity index (χ2v) is 11.6. The van der Waals surface area contributed by atoms with Crippen LogP contribution in [0.5, 0.6) is 17.4 Å². The number of sulfone groups is 1. The van der Waals surface area contributed by atoms with Gasteiger partial charge < -0.3 is 29.2 Å². The first kappa shape index (κ1) is 31.1. The Morgan fingerprint density at radius 1 is 0.956 bits per heavy atom. The van der Waals surface area contributed by atoms with E-state index in [-0.39, 0.29) is 46.3 Å². The van der Waals surface area contributed by atoms with Crippen LogP contribution in [0.2, 0.25) is 0 Å². The Kier molecular flexibility index (Phi) is 9.63. The van der Waals surface area contributed by atoms with Gasteiger partial charge in [0.15, 0.2) is 11.5 Å². The fourth-order valence-corrected chi connectivity index (χ4v) is 5.74. The van der Waals surface area contributed by atoms with Crippen molar-refractivity contribution in [1.29, 1.82) is 0 Å². The number of methoxy groups -OCH3 is 1. The molecule has 45 heavy (non-hydrogen) atoms. The highest BCUT2D eigenvalue weighted by Crippen LogP contribution is 2.32. The Labute approximate surface area is 257 Å². The summed E-state index contributed by atoms with van der Waals surface area (Å²) in [4.78, 5) is 25.0. The zero-order valence-corrected chi connectivity index (χ0v) is 24.9. The minimum absolute atomic E-state index is 0.0708. The van der Waals surface area contributed by atoms with Gasteiger partial charge in [-0.25, -0.2) is 13.2 Å². The fourth-order valence-electron chi connectivity index (χ4n) is 4.44. The Morgan fingerprint density at radius 3 is 2.40 bits per heavy atom. The number of carbonyl (C=O) groups is 1. The molecular weight excluding hydrogens is 606 g/mol. The third-order valence-electron chi connectivity index (χ3n) is 6.67. The maximum atomic E-state index is 12.9. The first-order valence-corrected chi connectivity index (χ1v) is 15.4. The average Bonchev–Trinajstić information content (AvgIpc) is 3.43. The minimum Gasteiger partial charge on any atom is -0.493 e. The van der Waals surface area contributed by atoms with E-state index in [9.17, 15) is 23.2 Å². The highest BCUT2D eigenvalue weighted by atomic mass is 32.2. The maximum absolute atomic E-state index is 12.9. The summed E-state index contributed by atoms with van der Waals surface area (Å²) in [6.45, 7) is 0.396.